The maximum absolute atomic E-state index is 10.6. The fourth-order valence-electron chi connectivity index (χ4n) is 1.39. The van der Waals surface area contributed by atoms with E-state index in [0.29, 0.717) is 12.6 Å². The first-order valence-electron chi connectivity index (χ1n) is 4.84. The fourth-order valence-corrected chi connectivity index (χ4v) is 1.39. The third kappa shape index (κ3) is 4.26. The highest BCUT2D eigenvalue weighted by atomic mass is 16.5. The summed E-state index contributed by atoms with van der Waals surface area (Å²) in [7, 11) is 1.33. The van der Waals surface area contributed by atoms with E-state index >= 15 is 0 Å². The second-order valence-corrected chi connectivity index (χ2v) is 3.22. The fraction of sp³-hybridized carbons (Fsp3) is 0.700. The summed E-state index contributed by atoms with van der Waals surface area (Å²) in [5, 5.41) is 6.55. The van der Waals surface area contributed by atoms with Gasteiger partial charge < -0.3 is 15.4 Å². The predicted octanol–water partition coefficient (Wildman–Crippen LogP) is -0.496. The molecule has 1 aliphatic rings. The molecule has 0 spiro atoms. The maximum atomic E-state index is 10.6. The Hall–Kier alpha value is -1.05. The molecule has 1 aliphatic heterocycles. The van der Waals surface area contributed by atoms with Gasteiger partial charge >= 0.3 is 5.97 Å². The van der Waals surface area contributed by atoms with Crippen molar-refractivity contribution in [3.8, 4) is 11.8 Å². The summed E-state index contributed by atoms with van der Waals surface area (Å²) in [5.74, 6) is 4.62. The number of nitrogens with one attached hydrogen (secondary N) is 2. The van der Waals surface area contributed by atoms with Gasteiger partial charge in [0.2, 0.25) is 0 Å². The molecule has 0 amide bonds. The third-order valence-electron chi connectivity index (χ3n) is 2.15. The van der Waals surface area contributed by atoms with Crippen LogP contribution >= 0.6 is 0 Å². The first kappa shape index (κ1) is 11.0. The Morgan fingerprint density at radius 1 is 1.71 bits per heavy atom. The van der Waals surface area contributed by atoms with Crippen LogP contribution in [0.5, 0.6) is 0 Å². The second kappa shape index (κ2) is 6.41. The van der Waals surface area contributed by atoms with Gasteiger partial charge in [0, 0.05) is 18.5 Å². The Kier molecular flexibility index (Phi) is 5.05. The highest BCUT2D eigenvalue weighted by Crippen LogP contribution is 1.99. The van der Waals surface area contributed by atoms with Crippen LogP contribution in [0.3, 0.4) is 0 Å². The zero-order chi connectivity index (χ0) is 10.2. The molecule has 78 valence electrons. The topological polar surface area (TPSA) is 50.4 Å². The summed E-state index contributed by atoms with van der Waals surface area (Å²) in [6.45, 7) is 2.63. The summed E-state index contributed by atoms with van der Waals surface area (Å²) >= 11 is 0. The molecule has 1 fully saturated rings. The molecule has 0 aromatic heterocycles. The molecular formula is C10H16N2O2. The molecule has 1 saturated heterocycles. The van der Waals surface area contributed by atoms with Crippen LogP contribution in [0.1, 0.15) is 12.8 Å². The van der Waals surface area contributed by atoms with Gasteiger partial charge in [-0.3, -0.25) is 0 Å². The van der Waals surface area contributed by atoms with Crippen LogP contribution in [-0.2, 0) is 9.53 Å². The Labute approximate surface area is 84.4 Å². The van der Waals surface area contributed by atoms with E-state index < -0.39 is 5.97 Å². The van der Waals surface area contributed by atoms with E-state index in [9.17, 15) is 4.79 Å². The molecule has 0 aliphatic carbocycles. The molecule has 14 heavy (non-hydrogen) atoms. The molecule has 2 N–H and O–H groups in total. The smallest absolute Gasteiger partial charge is 0.384 e. The maximum Gasteiger partial charge on any atom is 0.384 e. The lowest BCUT2D eigenvalue weighted by molar-refractivity contribution is -0.133. The van der Waals surface area contributed by atoms with Crippen LogP contribution in [0, 0.1) is 11.8 Å². The normalized spacial score (nSPS) is 20.8. The van der Waals surface area contributed by atoms with E-state index in [1.54, 1.807) is 0 Å². The first-order valence-corrected chi connectivity index (χ1v) is 4.84. The molecular weight excluding hydrogens is 180 g/mol. The van der Waals surface area contributed by atoms with Gasteiger partial charge in [-0.2, -0.15) is 0 Å². The zero-order valence-corrected chi connectivity index (χ0v) is 8.43. The summed E-state index contributed by atoms with van der Waals surface area (Å²) < 4.78 is 4.39. The monoisotopic (exact) mass is 196 g/mol. The standard InChI is InChI=1S/C10H16N2O2/c1-14-10(13)5-3-7-12-9-4-2-6-11-8-9/h9,11-12H,2,4,6-8H2,1H3. The number of hydrogen-bond donors (Lipinski definition) is 2. The molecule has 0 radical (unpaired) electrons. The van der Waals surface area contributed by atoms with Crippen molar-refractivity contribution in [2.75, 3.05) is 26.7 Å². The van der Waals surface area contributed by atoms with E-state index in [2.05, 4.69) is 27.2 Å². The van der Waals surface area contributed by atoms with E-state index in [1.165, 1.54) is 20.0 Å². The number of carbonyl (C=O) groups is 1. The van der Waals surface area contributed by atoms with Crippen molar-refractivity contribution < 1.29 is 9.53 Å². The zero-order valence-electron chi connectivity index (χ0n) is 8.43. The SMILES string of the molecule is COC(=O)C#CCNC1CCCNC1. The highest BCUT2D eigenvalue weighted by molar-refractivity contribution is 5.88. The van der Waals surface area contributed by atoms with Crippen LogP contribution in [0.2, 0.25) is 0 Å². The molecule has 0 aromatic rings. The Morgan fingerprint density at radius 2 is 2.57 bits per heavy atom. The van der Waals surface area contributed by atoms with Crippen LogP contribution < -0.4 is 10.6 Å². The summed E-state index contributed by atoms with van der Waals surface area (Å²) in [4.78, 5) is 10.6. The minimum absolute atomic E-state index is 0.478. The number of carbonyl (C=O) groups excluding carboxylic acids is 1. The van der Waals surface area contributed by atoms with Crippen molar-refractivity contribution >= 4 is 5.97 Å². The van der Waals surface area contributed by atoms with Gasteiger partial charge in [-0.05, 0) is 19.4 Å². The predicted molar refractivity (Wildman–Crippen MR) is 53.7 cm³/mol. The highest BCUT2D eigenvalue weighted by Gasteiger charge is 2.10. The lowest BCUT2D eigenvalue weighted by Gasteiger charge is -2.22. The van der Waals surface area contributed by atoms with E-state index in [-0.39, 0.29) is 0 Å². The van der Waals surface area contributed by atoms with Crippen molar-refractivity contribution in [1.29, 1.82) is 0 Å². The van der Waals surface area contributed by atoms with Crippen molar-refractivity contribution in [2.45, 2.75) is 18.9 Å². The average Bonchev–Trinajstić information content (AvgIpc) is 2.25. The van der Waals surface area contributed by atoms with Gasteiger partial charge in [0.15, 0.2) is 0 Å². The minimum atomic E-state index is -0.478. The second-order valence-electron chi connectivity index (χ2n) is 3.22. The number of ether oxygens (including phenoxy) is 1. The van der Waals surface area contributed by atoms with Gasteiger partial charge in [0.05, 0.1) is 13.7 Å². The quantitative estimate of drug-likeness (QED) is 0.355. The van der Waals surface area contributed by atoms with Gasteiger partial charge in [0.25, 0.3) is 0 Å². The number of piperidine rings is 1. The first-order chi connectivity index (χ1) is 6.83. The minimum Gasteiger partial charge on any atom is -0.459 e. The molecule has 1 rings (SSSR count). The largest absolute Gasteiger partial charge is 0.459 e. The molecule has 0 saturated carbocycles. The molecule has 1 unspecified atom stereocenters. The lowest BCUT2D eigenvalue weighted by atomic mass is 10.1. The molecule has 1 atom stereocenters. The van der Waals surface area contributed by atoms with Crippen LogP contribution in [0.4, 0.5) is 0 Å². The molecule has 0 bridgehead atoms. The Balaban J connectivity index is 2.12. The van der Waals surface area contributed by atoms with E-state index in [0.717, 1.165) is 13.1 Å². The van der Waals surface area contributed by atoms with Gasteiger partial charge in [-0.25, -0.2) is 4.79 Å². The third-order valence-corrected chi connectivity index (χ3v) is 2.15. The van der Waals surface area contributed by atoms with Gasteiger partial charge in [-0.1, -0.05) is 5.92 Å². The Bertz CT molecular complexity index is 236. The van der Waals surface area contributed by atoms with E-state index in [1.807, 2.05) is 0 Å². The molecule has 4 nitrogen and oxygen atoms in total. The van der Waals surface area contributed by atoms with E-state index in [4.69, 9.17) is 0 Å². The Morgan fingerprint density at radius 3 is 3.21 bits per heavy atom. The van der Waals surface area contributed by atoms with Crippen molar-refractivity contribution in [2.24, 2.45) is 0 Å². The van der Waals surface area contributed by atoms with Crippen LogP contribution in [0.25, 0.3) is 0 Å². The summed E-state index contributed by atoms with van der Waals surface area (Å²) in [6.07, 6.45) is 2.37. The molecule has 1 heterocycles. The average molecular weight is 196 g/mol. The van der Waals surface area contributed by atoms with Crippen molar-refractivity contribution in [1.82, 2.24) is 10.6 Å². The lowest BCUT2D eigenvalue weighted by Crippen LogP contribution is -2.43. The number of methoxy groups -OCH3 is 1. The van der Waals surface area contributed by atoms with Crippen molar-refractivity contribution in [3.05, 3.63) is 0 Å². The van der Waals surface area contributed by atoms with Crippen LogP contribution in [0.15, 0.2) is 0 Å². The molecule has 0 aromatic carbocycles. The van der Waals surface area contributed by atoms with Gasteiger partial charge in [0.1, 0.15) is 0 Å². The summed E-state index contributed by atoms with van der Waals surface area (Å²) in [6, 6.07) is 0.482. The summed E-state index contributed by atoms with van der Waals surface area (Å²) in [5.41, 5.74) is 0. The molecule has 4 heteroatoms. The number of esters is 1. The van der Waals surface area contributed by atoms with Gasteiger partial charge in [-0.15, -0.1) is 0 Å². The number of hydrogen-bond acceptors (Lipinski definition) is 4. The van der Waals surface area contributed by atoms with Crippen molar-refractivity contribution in [3.63, 3.8) is 0 Å². The van der Waals surface area contributed by atoms with Crippen LogP contribution in [-0.4, -0.2) is 38.8 Å². The number of rotatable bonds is 2.